The van der Waals surface area contributed by atoms with Crippen molar-refractivity contribution in [1.82, 2.24) is 0 Å². The van der Waals surface area contributed by atoms with Crippen molar-refractivity contribution in [3.8, 4) is 0 Å². The fourth-order valence-electron chi connectivity index (χ4n) is 7.06. The van der Waals surface area contributed by atoms with Crippen LogP contribution in [0.15, 0.2) is 36.5 Å². The molecule has 6 heteroatoms. The van der Waals surface area contributed by atoms with Gasteiger partial charge in [-0.2, -0.15) is 0 Å². The van der Waals surface area contributed by atoms with Gasteiger partial charge >= 0.3 is 17.9 Å². The zero-order valence-electron chi connectivity index (χ0n) is 38.6. The second kappa shape index (κ2) is 47.3. The standard InChI is InChI=1S/C52H94O6/c1-4-7-10-13-16-19-22-24-25-26-28-30-33-36-39-42-45-51(54)57-48-49(47-56-50(53)44-41-38-35-32-29-21-18-15-12-9-6-3)58-52(55)46-43-40-37-34-31-27-23-20-17-14-11-8-5-2/h15,18,21,25-26,29,49H,4-14,16-17,19-20,22-24,27-28,30-48H2,1-3H3/b18-15-,26-25-,29-21-. The number of hydrogen-bond acceptors (Lipinski definition) is 6. The van der Waals surface area contributed by atoms with E-state index in [-0.39, 0.29) is 31.1 Å². The Morgan fingerprint density at radius 2 is 0.638 bits per heavy atom. The maximum atomic E-state index is 12.7. The number of carbonyl (C=O) groups excluding carboxylic acids is 3. The highest BCUT2D eigenvalue weighted by Crippen LogP contribution is 2.15. The quantitative estimate of drug-likeness (QED) is 0.0200. The molecule has 0 radical (unpaired) electrons. The van der Waals surface area contributed by atoms with Crippen LogP contribution in [-0.2, 0) is 28.6 Å². The maximum absolute atomic E-state index is 12.7. The zero-order chi connectivity index (χ0) is 42.3. The molecule has 338 valence electrons. The molecular formula is C52H94O6. The monoisotopic (exact) mass is 815 g/mol. The topological polar surface area (TPSA) is 78.9 Å². The summed E-state index contributed by atoms with van der Waals surface area (Å²) in [5.74, 6) is -0.911. The van der Waals surface area contributed by atoms with Crippen LogP contribution in [-0.4, -0.2) is 37.2 Å². The van der Waals surface area contributed by atoms with Gasteiger partial charge in [-0.25, -0.2) is 0 Å². The molecule has 0 aliphatic heterocycles. The molecule has 1 atom stereocenters. The first-order chi connectivity index (χ1) is 28.5. The minimum absolute atomic E-state index is 0.0825. The van der Waals surface area contributed by atoms with Crippen LogP contribution in [0.2, 0.25) is 0 Å². The average molecular weight is 815 g/mol. The van der Waals surface area contributed by atoms with Gasteiger partial charge in [0, 0.05) is 19.3 Å². The molecule has 0 aliphatic rings. The Balaban J connectivity index is 4.37. The summed E-state index contributed by atoms with van der Waals surface area (Å²) >= 11 is 0. The lowest BCUT2D eigenvalue weighted by Crippen LogP contribution is -2.30. The van der Waals surface area contributed by atoms with Gasteiger partial charge in [0.2, 0.25) is 0 Å². The van der Waals surface area contributed by atoms with Gasteiger partial charge in [0.25, 0.3) is 0 Å². The molecule has 0 aromatic heterocycles. The first kappa shape index (κ1) is 55.6. The van der Waals surface area contributed by atoms with Crippen LogP contribution in [0.5, 0.6) is 0 Å². The van der Waals surface area contributed by atoms with Crippen LogP contribution < -0.4 is 0 Å². The summed E-state index contributed by atoms with van der Waals surface area (Å²) in [5.41, 5.74) is 0. The van der Waals surface area contributed by atoms with Crippen LogP contribution >= 0.6 is 0 Å². The highest BCUT2D eigenvalue weighted by atomic mass is 16.6. The number of ether oxygens (including phenoxy) is 3. The van der Waals surface area contributed by atoms with Crippen molar-refractivity contribution in [3.63, 3.8) is 0 Å². The van der Waals surface area contributed by atoms with E-state index < -0.39 is 6.10 Å². The Kier molecular flexibility index (Phi) is 45.4. The Labute approximate surface area is 359 Å². The molecular weight excluding hydrogens is 721 g/mol. The van der Waals surface area contributed by atoms with Crippen molar-refractivity contribution in [3.05, 3.63) is 36.5 Å². The summed E-state index contributed by atoms with van der Waals surface area (Å²) < 4.78 is 16.7. The molecule has 58 heavy (non-hydrogen) atoms. The van der Waals surface area contributed by atoms with Crippen molar-refractivity contribution in [1.29, 1.82) is 0 Å². The lowest BCUT2D eigenvalue weighted by molar-refractivity contribution is -0.167. The fourth-order valence-corrected chi connectivity index (χ4v) is 7.06. The van der Waals surface area contributed by atoms with Gasteiger partial charge in [-0.3, -0.25) is 14.4 Å². The Bertz CT molecular complexity index is 984. The lowest BCUT2D eigenvalue weighted by Gasteiger charge is -2.18. The molecule has 0 aromatic rings. The van der Waals surface area contributed by atoms with Gasteiger partial charge in [0.15, 0.2) is 6.10 Å². The molecule has 0 saturated heterocycles. The highest BCUT2D eigenvalue weighted by Gasteiger charge is 2.19. The molecule has 6 nitrogen and oxygen atoms in total. The third kappa shape index (κ3) is 44.7. The Hall–Kier alpha value is -2.37. The molecule has 0 fully saturated rings. The number of allylic oxidation sites excluding steroid dienone is 6. The first-order valence-corrected chi connectivity index (χ1v) is 25.0. The summed E-state index contributed by atoms with van der Waals surface area (Å²) in [6.07, 6.45) is 54.1. The van der Waals surface area contributed by atoms with Crippen LogP contribution in [0.25, 0.3) is 0 Å². The molecule has 0 N–H and O–H groups in total. The Morgan fingerprint density at radius 1 is 0.345 bits per heavy atom. The molecule has 1 unspecified atom stereocenters. The summed E-state index contributed by atoms with van der Waals surface area (Å²) in [4.78, 5) is 37.8. The van der Waals surface area contributed by atoms with Gasteiger partial charge in [-0.15, -0.1) is 0 Å². The third-order valence-electron chi connectivity index (χ3n) is 10.9. The SMILES string of the molecule is CCCC/C=C\C=C/CCCCCC(=O)OCC(COC(=O)CCCCCCC/C=C\CCCCCCCCC)OC(=O)CCCCCCCCCCCCCCC. The number of rotatable bonds is 45. The van der Waals surface area contributed by atoms with Crippen LogP contribution in [0.3, 0.4) is 0 Å². The van der Waals surface area contributed by atoms with Gasteiger partial charge in [0.05, 0.1) is 0 Å². The van der Waals surface area contributed by atoms with Gasteiger partial charge in [-0.1, -0.05) is 211 Å². The molecule has 0 bridgehead atoms. The number of carbonyl (C=O) groups is 3. The van der Waals surface area contributed by atoms with E-state index in [0.29, 0.717) is 19.3 Å². The van der Waals surface area contributed by atoms with Crippen molar-refractivity contribution in [2.75, 3.05) is 13.2 Å². The lowest BCUT2D eigenvalue weighted by atomic mass is 10.0. The van der Waals surface area contributed by atoms with Crippen LogP contribution in [0, 0.1) is 0 Å². The third-order valence-corrected chi connectivity index (χ3v) is 10.9. The second-order valence-electron chi connectivity index (χ2n) is 16.8. The summed E-state index contributed by atoms with van der Waals surface area (Å²) in [6.45, 7) is 6.56. The van der Waals surface area contributed by atoms with Crippen LogP contribution in [0.4, 0.5) is 0 Å². The molecule has 0 aromatic carbocycles. The van der Waals surface area contributed by atoms with Crippen molar-refractivity contribution < 1.29 is 28.6 Å². The Morgan fingerprint density at radius 3 is 1.03 bits per heavy atom. The summed E-state index contributed by atoms with van der Waals surface area (Å²) in [5, 5.41) is 0. The largest absolute Gasteiger partial charge is 0.462 e. The molecule has 0 heterocycles. The molecule has 0 spiro atoms. The average Bonchev–Trinajstić information content (AvgIpc) is 3.22. The van der Waals surface area contributed by atoms with Gasteiger partial charge < -0.3 is 14.2 Å². The van der Waals surface area contributed by atoms with Gasteiger partial charge in [0.1, 0.15) is 13.2 Å². The second-order valence-corrected chi connectivity index (χ2v) is 16.8. The van der Waals surface area contributed by atoms with Crippen molar-refractivity contribution in [2.24, 2.45) is 0 Å². The highest BCUT2D eigenvalue weighted by molar-refractivity contribution is 5.71. The fraction of sp³-hybridized carbons (Fsp3) is 0.827. The van der Waals surface area contributed by atoms with Gasteiger partial charge in [-0.05, 0) is 64.2 Å². The van der Waals surface area contributed by atoms with Crippen LogP contribution in [0.1, 0.15) is 258 Å². The molecule has 0 amide bonds. The van der Waals surface area contributed by atoms with E-state index in [1.165, 1.54) is 141 Å². The molecule has 0 aliphatic carbocycles. The summed E-state index contributed by atoms with van der Waals surface area (Å²) in [7, 11) is 0. The summed E-state index contributed by atoms with van der Waals surface area (Å²) in [6, 6.07) is 0. The van der Waals surface area contributed by atoms with E-state index in [1.807, 2.05) is 0 Å². The van der Waals surface area contributed by atoms with E-state index in [0.717, 1.165) is 77.0 Å². The number of unbranched alkanes of at least 4 members (excludes halogenated alkanes) is 29. The number of esters is 3. The number of hydrogen-bond donors (Lipinski definition) is 0. The smallest absolute Gasteiger partial charge is 0.306 e. The maximum Gasteiger partial charge on any atom is 0.306 e. The molecule has 0 saturated carbocycles. The minimum atomic E-state index is -0.781. The van der Waals surface area contributed by atoms with E-state index in [9.17, 15) is 14.4 Å². The first-order valence-electron chi connectivity index (χ1n) is 25.0. The van der Waals surface area contributed by atoms with Crippen molar-refractivity contribution in [2.45, 2.75) is 264 Å². The zero-order valence-corrected chi connectivity index (χ0v) is 38.6. The van der Waals surface area contributed by atoms with E-state index >= 15 is 0 Å². The predicted molar refractivity (Wildman–Crippen MR) is 247 cm³/mol. The minimum Gasteiger partial charge on any atom is -0.462 e. The normalized spacial score (nSPS) is 12.3. The predicted octanol–water partition coefficient (Wildman–Crippen LogP) is 16.1. The van der Waals surface area contributed by atoms with Crippen molar-refractivity contribution >= 4 is 17.9 Å². The van der Waals surface area contributed by atoms with E-state index in [1.54, 1.807) is 0 Å². The van der Waals surface area contributed by atoms with E-state index in [4.69, 9.17) is 14.2 Å². The van der Waals surface area contributed by atoms with E-state index in [2.05, 4.69) is 57.2 Å². The molecule has 0 rings (SSSR count).